The Morgan fingerprint density at radius 3 is 2.60 bits per heavy atom. The zero-order chi connectivity index (χ0) is 21.3. The summed E-state index contributed by atoms with van der Waals surface area (Å²) >= 11 is 5.96. The van der Waals surface area contributed by atoms with Crippen molar-refractivity contribution in [2.45, 2.75) is 18.4 Å². The number of halogens is 1. The Hall–Kier alpha value is -3.23. The molecule has 0 saturated carbocycles. The number of sulfone groups is 1. The molecule has 0 fully saturated rings. The van der Waals surface area contributed by atoms with Crippen molar-refractivity contribution < 1.29 is 13.2 Å². The molecule has 3 aromatic rings. The van der Waals surface area contributed by atoms with Crippen LogP contribution >= 0.6 is 11.6 Å². The van der Waals surface area contributed by atoms with Crippen LogP contribution in [-0.4, -0.2) is 24.4 Å². The third-order valence-electron chi connectivity index (χ3n) is 4.49. The van der Waals surface area contributed by atoms with Crippen molar-refractivity contribution >= 4 is 43.9 Å². The molecule has 0 atom stereocenters. The summed E-state index contributed by atoms with van der Waals surface area (Å²) < 4.78 is 26.1. The first-order valence-electron chi connectivity index (χ1n) is 9.04. The van der Waals surface area contributed by atoms with Gasteiger partial charge in [0.05, 0.1) is 5.69 Å². The van der Waals surface area contributed by atoms with Gasteiger partial charge in [-0.3, -0.25) is 4.79 Å². The van der Waals surface area contributed by atoms with Crippen molar-refractivity contribution in [1.29, 1.82) is 0 Å². The average molecular weight is 441 g/mol. The number of nitrogens with one attached hydrogen (secondary N) is 1. The monoisotopic (exact) mass is 440 g/mol. The maximum Gasteiger partial charge on any atom is 0.284 e. The number of carbonyl (C=O) groups is 1. The van der Waals surface area contributed by atoms with Crippen molar-refractivity contribution in [3.8, 4) is 0 Å². The molecule has 2 aromatic carbocycles. The summed E-state index contributed by atoms with van der Waals surface area (Å²) in [6, 6.07) is 17.1. The molecule has 9 heteroatoms. The van der Waals surface area contributed by atoms with Crippen molar-refractivity contribution in [2.24, 2.45) is 5.10 Å². The highest BCUT2D eigenvalue weighted by atomic mass is 35.5. The minimum absolute atomic E-state index is 0.0874. The van der Waals surface area contributed by atoms with E-state index < -0.39 is 20.8 Å². The molecule has 0 spiro atoms. The van der Waals surface area contributed by atoms with Crippen molar-refractivity contribution in [2.75, 3.05) is 5.01 Å². The van der Waals surface area contributed by atoms with Gasteiger partial charge in [0.2, 0.25) is 14.9 Å². The van der Waals surface area contributed by atoms with E-state index in [2.05, 4.69) is 15.4 Å². The fourth-order valence-corrected chi connectivity index (χ4v) is 4.53. The lowest BCUT2D eigenvalue weighted by Crippen LogP contribution is -2.40. The van der Waals surface area contributed by atoms with E-state index in [1.54, 1.807) is 24.3 Å². The van der Waals surface area contributed by atoms with E-state index in [4.69, 9.17) is 11.6 Å². The molecular weight excluding hydrogens is 424 g/mol. The Balaban J connectivity index is 1.72. The zero-order valence-electron chi connectivity index (χ0n) is 15.9. The second-order valence-corrected chi connectivity index (χ2v) is 8.96. The highest BCUT2D eigenvalue weighted by Gasteiger charge is 2.38. The van der Waals surface area contributed by atoms with Crippen LogP contribution in [-0.2, 0) is 21.2 Å². The number of benzene rings is 2. The molecule has 1 N–H and O–H groups in total. The van der Waals surface area contributed by atoms with Crippen LogP contribution < -0.4 is 10.3 Å². The summed E-state index contributed by atoms with van der Waals surface area (Å²) in [6.07, 6.45) is 1.47. The largest absolute Gasteiger partial charge is 0.346 e. The molecule has 0 bridgehead atoms. The topological polar surface area (TPSA) is 91.7 Å². The number of aryl methyl sites for hydroxylation is 1. The highest BCUT2D eigenvalue weighted by molar-refractivity contribution is 8.08. The molecule has 1 aliphatic heterocycles. The molecule has 152 valence electrons. The maximum absolute atomic E-state index is 13.1. The van der Waals surface area contributed by atoms with E-state index >= 15 is 0 Å². The van der Waals surface area contributed by atoms with Crippen LogP contribution in [0.15, 0.2) is 76.9 Å². The molecule has 0 radical (unpaired) electrons. The van der Waals surface area contributed by atoms with Crippen molar-refractivity contribution in [3.63, 3.8) is 0 Å². The number of hydrogen-bond donors (Lipinski definition) is 1. The van der Waals surface area contributed by atoms with Gasteiger partial charge in [0, 0.05) is 17.8 Å². The molecule has 0 saturated heterocycles. The minimum Gasteiger partial charge on any atom is -0.346 e. The molecule has 0 aliphatic carbocycles. The first kappa shape index (κ1) is 20.1. The van der Waals surface area contributed by atoms with Gasteiger partial charge in [-0.25, -0.2) is 18.4 Å². The third kappa shape index (κ3) is 3.79. The number of rotatable bonds is 4. The first-order valence-corrected chi connectivity index (χ1v) is 10.9. The molecule has 2 heterocycles. The quantitative estimate of drug-likeness (QED) is 0.669. The van der Waals surface area contributed by atoms with E-state index in [1.807, 2.05) is 31.2 Å². The van der Waals surface area contributed by atoms with Gasteiger partial charge in [-0.05, 0) is 48.9 Å². The van der Waals surface area contributed by atoms with Crippen LogP contribution in [0.5, 0.6) is 0 Å². The Bertz CT molecular complexity index is 1260. The number of carbonyl (C=O) groups excluding carboxylic acids is 1. The number of hydrogen-bond acceptors (Lipinski definition) is 6. The van der Waals surface area contributed by atoms with Crippen molar-refractivity contribution in [3.05, 3.63) is 83.0 Å². The highest BCUT2D eigenvalue weighted by Crippen LogP contribution is 2.35. The Morgan fingerprint density at radius 1 is 1.10 bits per heavy atom. The number of anilines is 2. The van der Waals surface area contributed by atoms with Gasteiger partial charge in [0.15, 0.2) is 5.82 Å². The van der Waals surface area contributed by atoms with Gasteiger partial charge >= 0.3 is 0 Å². The average Bonchev–Trinajstić information content (AvgIpc) is 2.73. The van der Waals surface area contributed by atoms with E-state index in [0.29, 0.717) is 10.7 Å². The number of pyridine rings is 1. The lowest BCUT2D eigenvalue weighted by atomic mass is 10.1. The van der Waals surface area contributed by atoms with Gasteiger partial charge in [-0.15, -0.1) is 5.10 Å². The summed E-state index contributed by atoms with van der Waals surface area (Å²) in [5.74, 6) is -0.667. The molecule has 0 unspecified atom stereocenters. The van der Waals surface area contributed by atoms with E-state index in [9.17, 15) is 13.2 Å². The second-order valence-electron chi connectivity index (χ2n) is 6.69. The van der Waals surface area contributed by atoms with Gasteiger partial charge in [0.25, 0.3) is 5.91 Å². The number of fused-ring (bicyclic) bond motifs is 1. The van der Waals surface area contributed by atoms with Gasteiger partial charge in [0.1, 0.15) is 4.90 Å². The molecule has 1 aromatic heterocycles. The lowest BCUT2D eigenvalue weighted by Gasteiger charge is -2.26. The molecule has 1 amide bonds. The van der Waals surface area contributed by atoms with Crippen LogP contribution in [0.3, 0.4) is 0 Å². The Kier molecular flexibility index (Phi) is 5.27. The van der Waals surface area contributed by atoms with Crippen molar-refractivity contribution in [1.82, 2.24) is 10.3 Å². The predicted molar refractivity (Wildman–Crippen MR) is 115 cm³/mol. The molecular formula is C21H17ClN4O3S. The SMILES string of the molecule is Cc1cccc(CNC(=O)C2=NN(c3ccc(Cl)cc3)c3ncccc3S2(=O)=O)c1. The van der Waals surface area contributed by atoms with Crippen LogP contribution in [0.4, 0.5) is 11.5 Å². The van der Waals surface area contributed by atoms with Gasteiger partial charge in [-0.2, -0.15) is 0 Å². The Labute approximate surface area is 178 Å². The van der Waals surface area contributed by atoms with Crippen LogP contribution in [0, 0.1) is 6.92 Å². The maximum atomic E-state index is 13.1. The lowest BCUT2D eigenvalue weighted by molar-refractivity contribution is -0.114. The first-order chi connectivity index (χ1) is 14.4. The van der Waals surface area contributed by atoms with E-state index in [-0.39, 0.29) is 17.3 Å². The summed E-state index contributed by atoms with van der Waals surface area (Å²) in [5, 5.41) is 8.05. The number of hydrazone groups is 1. The zero-order valence-corrected chi connectivity index (χ0v) is 17.5. The molecule has 30 heavy (non-hydrogen) atoms. The van der Waals surface area contributed by atoms with Crippen LogP contribution in [0.2, 0.25) is 5.02 Å². The molecule has 4 rings (SSSR count). The smallest absolute Gasteiger partial charge is 0.284 e. The Morgan fingerprint density at radius 2 is 1.87 bits per heavy atom. The molecule has 7 nitrogen and oxygen atoms in total. The fourth-order valence-electron chi connectivity index (χ4n) is 3.06. The summed E-state index contributed by atoms with van der Waals surface area (Å²) in [4.78, 5) is 16.9. The normalized spacial score (nSPS) is 14.6. The van der Waals surface area contributed by atoms with Crippen LogP contribution in [0.25, 0.3) is 0 Å². The summed E-state index contributed by atoms with van der Waals surface area (Å²) in [7, 11) is -4.14. The summed E-state index contributed by atoms with van der Waals surface area (Å²) in [6.45, 7) is 2.12. The van der Waals surface area contributed by atoms with Gasteiger partial charge < -0.3 is 5.32 Å². The fraction of sp³-hybridized carbons (Fsp3) is 0.0952. The number of nitrogens with zero attached hydrogens (tertiary/aromatic N) is 3. The second kappa shape index (κ2) is 7.89. The van der Waals surface area contributed by atoms with Gasteiger partial charge in [-0.1, -0.05) is 41.4 Å². The van der Waals surface area contributed by atoms with Crippen LogP contribution in [0.1, 0.15) is 11.1 Å². The number of amides is 1. The number of aromatic nitrogens is 1. The van der Waals surface area contributed by atoms with E-state index in [0.717, 1.165) is 11.1 Å². The predicted octanol–water partition coefficient (Wildman–Crippen LogP) is 3.60. The molecule has 1 aliphatic rings. The van der Waals surface area contributed by atoms with E-state index in [1.165, 1.54) is 23.3 Å². The third-order valence-corrected chi connectivity index (χ3v) is 6.41. The standard InChI is InChI=1S/C21H17ClN4O3S/c1-14-4-2-5-15(12-14)13-24-20(27)21-25-26(17-9-7-16(22)8-10-17)19-18(30(21,28)29)6-3-11-23-19/h2-12H,13H2,1H3,(H,24,27). The summed E-state index contributed by atoms with van der Waals surface area (Å²) in [5.41, 5.74) is 2.42. The minimum atomic E-state index is -4.14.